The maximum Gasteiger partial charge on any atom is 0.238 e. The zero-order chi connectivity index (χ0) is 17.6. The van der Waals surface area contributed by atoms with Crippen LogP contribution in [0.25, 0.3) is 0 Å². The molecule has 0 heterocycles. The zero-order valence-corrected chi connectivity index (χ0v) is 14.8. The van der Waals surface area contributed by atoms with Gasteiger partial charge in [0.05, 0.1) is 19.2 Å². The molecule has 0 aliphatic heterocycles. The van der Waals surface area contributed by atoms with Crippen molar-refractivity contribution in [1.29, 1.82) is 5.26 Å². The Hall–Kier alpha value is -2.06. The molecule has 1 aliphatic rings. The molecule has 1 saturated carbocycles. The Morgan fingerprint density at radius 3 is 2.50 bits per heavy atom. The van der Waals surface area contributed by atoms with Crippen molar-refractivity contribution in [3.8, 4) is 11.8 Å². The Kier molecular flexibility index (Phi) is 6.22. The quantitative estimate of drug-likeness (QED) is 0.871. The van der Waals surface area contributed by atoms with Crippen LogP contribution in [0.3, 0.4) is 0 Å². The van der Waals surface area contributed by atoms with Gasteiger partial charge in [-0.3, -0.25) is 9.69 Å². The molecule has 5 heteroatoms. The van der Waals surface area contributed by atoms with Crippen molar-refractivity contribution in [2.24, 2.45) is 0 Å². The highest BCUT2D eigenvalue weighted by Gasteiger charge is 2.35. The van der Waals surface area contributed by atoms with Crippen molar-refractivity contribution in [2.45, 2.75) is 57.2 Å². The van der Waals surface area contributed by atoms with E-state index in [4.69, 9.17) is 4.74 Å². The van der Waals surface area contributed by atoms with Gasteiger partial charge in [-0.15, -0.1) is 0 Å². The number of nitrogens with one attached hydrogen (secondary N) is 1. The van der Waals surface area contributed by atoms with E-state index in [0.29, 0.717) is 6.54 Å². The summed E-state index contributed by atoms with van der Waals surface area (Å²) in [5.41, 5.74) is 0.440. The number of carbonyl (C=O) groups is 1. The normalized spacial score (nSPS) is 17.8. The van der Waals surface area contributed by atoms with Gasteiger partial charge in [0.25, 0.3) is 0 Å². The molecule has 0 aromatic heterocycles. The van der Waals surface area contributed by atoms with E-state index in [2.05, 4.69) is 11.4 Å². The van der Waals surface area contributed by atoms with Crippen molar-refractivity contribution in [2.75, 3.05) is 14.2 Å². The summed E-state index contributed by atoms with van der Waals surface area (Å²) in [6, 6.07) is 9.88. The molecule has 1 aliphatic carbocycles. The Bertz CT molecular complexity index is 586. The van der Waals surface area contributed by atoms with Gasteiger partial charge in [0.2, 0.25) is 5.91 Å². The van der Waals surface area contributed by atoms with Crippen LogP contribution in [0, 0.1) is 11.3 Å². The predicted octanol–water partition coefficient (Wildman–Crippen LogP) is 2.86. The molecule has 1 amide bonds. The summed E-state index contributed by atoms with van der Waals surface area (Å²) in [7, 11) is 3.57. The number of hydrogen-bond donors (Lipinski definition) is 1. The number of carbonyl (C=O) groups excluding carboxylic acids is 1. The highest BCUT2D eigenvalue weighted by Crippen LogP contribution is 2.27. The first-order valence-corrected chi connectivity index (χ1v) is 8.56. The molecule has 24 heavy (non-hydrogen) atoms. The van der Waals surface area contributed by atoms with Gasteiger partial charge in [-0.2, -0.15) is 5.26 Å². The lowest BCUT2D eigenvalue weighted by Gasteiger charge is -2.34. The molecule has 0 radical (unpaired) electrons. The molecule has 0 spiro atoms. The van der Waals surface area contributed by atoms with E-state index in [9.17, 15) is 10.1 Å². The van der Waals surface area contributed by atoms with Crippen molar-refractivity contribution in [1.82, 2.24) is 10.2 Å². The molecule has 1 fully saturated rings. The van der Waals surface area contributed by atoms with Crippen LogP contribution < -0.4 is 10.1 Å². The lowest BCUT2D eigenvalue weighted by atomic mass is 9.82. The summed E-state index contributed by atoms with van der Waals surface area (Å²) >= 11 is 0. The number of rotatable bonds is 6. The summed E-state index contributed by atoms with van der Waals surface area (Å²) in [5, 5.41) is 12.5. The highest BCUT2D eigenvalue weighted by molar-refractivity contribution is 5.82. The number of nitrogens with zero attached hydrogens (tertiary/aromatic N) is 2. The van der Waals surface area contributed by atoms with Crippen molar-refractivity contribution >= 4 is 5.91 Å². The minimum Gasteiger partial charge on any atom is -0.497 e. The summed E-state index contributed by atoms with van der Waals surface area (Å²) in [6.07, 6.45) is 4.66. The van der Waals surface area contributed by atoms with Gasteiger partial charge in [0, 0.05) is 6.54 Å². The van der Waals surface area contributed by atoms with Gasteiger partial charge in [0.15, 0.2) is 0 Å². The van der Waals surface area contributed by atoms with Crippen molar-refractivity contribution in [3.05, 3.63) is 29.8 Å². The lowest BCUT2D eigenvalue weighted by molar-refractivity contribution is -0.127. The van der Waals surface area contributed by atoms with Crippen molar-refractivity contribution < 1.29 is 9.53 Å². The number of methoxy groups -OCH3 is 1. The van der Waals surface area contributed by atoms with Crippen LogP contribution in [-0.2, 0) is 11.3 Å². The van der Waals surface area contributed by atoms with Crippen LogP contribution in [0.5, 0.6) is 5.75 Å². The average Bonchev–Trinajstić information content (AvgIpc) is 2.62. The molecule has 5 nitrogen and oxygen atoms in total. The van der Waals surface area contributed by atoms with Gasteiger partial charge in [-0.05, 0) is 44.5 Å². The maximum absolute atomic E-state index is 12.6. The number of likely N-dealkylation sites (N-methyl/N-ethyl adjacent to an activating group) is 1. The fourth-order valence-electron chi connectivity index (χ4n) is 3.12. The van der Waals surface area contributed by atoms with Gasteiger partial charge in [-0.1, -0.05) is 31.4 Å². The monoisotopic (exact) mass is 329 g/mol. The number of amides is 1. The summed E-state index contributed by atoms with van der Waals surface area (Å²) in [6.45, 7) is 2.55. The second-order valence-corrected chi connectivity index (χ2v) is 6.68. The fourth-order valence-corrected chi connectivity index (χ4v) is 3.12. The number of ether oxygens (including phenoxy) is 1. The van der Waals surface area contributed by atoms with Crippen LogP contribution >= 0.6 is 0 Å². The minimum absolute atomic E-state index is 0.0746. The standard InChI is InChI=1S/C19H27N3O2/c1-15(18(23)21-19(14-20)11-5-4-6-12-19)22(2)13-16-7-9-17(24-3)10-8-16/h7-10,15H,4-6,11-13H2,1-3H3,(H,21,23). The van der Waals surface area contributed by atoms with Crippen LogP contribution in [-0.4, -0.2) is 36.5 Å². The third-order valence-electron chi connectivity index (χ3n) is 4.92. The van der Waals surface area contributed by atoms with Gasteiger partial charge in [0.1, 0.15) is 11.3 Å². The molecule has 1 aromatic carbocycles. The Morgan fingerprint density at radius 1 is 1.33 bits per heavy atom. The molecule has 130 valence electrons. The second kappa shape index (κ2) is 8.16. The van der Waals surface area contributed by atoms with E-state index in [1.165, 1.54) is 0 Å². The van der Waals surface area contributed by atoms with Crippen LogP contribution in [0.2, 0.25) is 0 Å². The Labute approximate surface area is 144 Å². The molecular formula is C19H27N3O2. The van der Waals surface area contributed by atoms with E-state index in [1.54, 1.807) is 7.11 Å². The van der Waals surface area contributed by atoms with Gasteiger partial charge >= 0.3 is 0 Å². The van der Waals surface area contributed by atoms with Gasteiger partial charge in [-0.25, -0.2) is 0 Å². The third-order valence-corrected chi connectivity index (χ3v) is 4.92. The summed E-state index contributed by atoms with van der Waals surface area (Å²) in [4.78, 5) is 14.6. The first-order chi connectivity index (χ1) is 11.5. The van der Waals surface area contributed by atoms with E-state index >= 15 is 0 Å². The summed E-state index contributed by atoms with van der Waals surface area (Å²) < 4.78 is 5.16. The number of nitriles is 1. The molecule has 1 N–H and O–H groups in total. The topological polar surface area (TPSA) is 65.4 Å². The first kappa shape index (κ1) is 18.3. The van der Waals surface area contributed by atoms with E-state index in [1.807, 2.05) is 43.1 Å². The molecule has 0 saturated heterocycles. The molecular weight excluding hydrogens is 302 g/mol. The minimum atomic E-state index is -0.676. The first-order valence-electron chi connectivity index (χ1n) is 8.56. The van der Waals surface area contributed by atoms with E-state index < -0.39 is 5.54 Å². The molecule has 0 bridgehead atoms. The molecule has 1 unspecified atom stereocenters. The van der Waals surface area contributed by atoms with E-state index in [-0.39, 0.29) is 11.9 Å². The van der Waals surface area contributed by atoms with Crippen LogP contribution in [0.15, 0.2) is 24.3 Å². The molecule has 1 aromatic rings. The van der Waals surface area contributed by atoms with Crippen LogP contribution in [0.4, 0.5) is 0 Å². The summed E-state index contributed by atoms with van der Waals surface area (Å²) in [5.74, 6) is 0.745. The van der Waals surface area contributed by atoms with Gasteiger partial charge < -0.3 is 10.1 Å². The fraction of sp³-hybridized carbons (Fsp3) is 0.579. The van der Waals surface area contributed by atoms with E-state index in [0.717, 1.165) is 43.4 Å². The lowest BCUT2D eigenvalue weighted by Crippen LogP contribution is -2.54. The second-order valence-electron chi connectivity index (χ2n) is 6.68. The average molecular weight is 329 g/mol. The SMILES string of the molecule is COc1ccc(CN(C)C(C)C(=O)NC2(C#N)CCCCC2)cc1. The van der Waals surface area contributed by atoms with Crippen molar-refractivity contribution in [3.63, 3.8) is 0 Å². The highest BCUT2D eigenvalue weighted by atomic mass is 16.5. The Balaban J connectivity index is 1.94. The number of benzene rings is 1. The molecule has 2 rings (SSSR count). The molecule has 1 atom stereocenters. The zero-order valence-electron chi connectivity index (χ0n) is 14.8. The largest absolute Gasteiger partial charge is 0.497 e. The van der Waals surface area contributed by atoms with Crippen LogP contribution in [0.1, 0.15) is 44.6 Å². The predicted molar refractivity (Wildman–Crippen MR) is 93.5 cm³/mol. The third kappa shape index (κ3) is 4.48. The maximum atomic E-state index is 12.6. The Morgan fingerprint density at radius 2 is 1.96 bits per heavy atom. The smallest absolute Gasteiger partial charge is 0.238 e. The number of hydrogen-bond acceptors (Lipinski definition) is 4.